The number of nitrogens with zero attached hydrogens (tertiary/aromatic N) is 1. The summed E-state index contributed by atoms with van der Waals surface area (Å²) in [6.07, 6.45) is 4.21. The first-order valence-electron chi connectivity index (χ1n) is 10.9. The number of ether oxygens (including phenoxy) is 1. The van der Waals surface area contributed by atoms with Gasteiger partial charge in [-0.1, -0.05) is 17.7 Å². The zero-order chi connectivity index (χ0) is 21.1. The highest BCUT2D eigenvalue weighted by Gasteiger charge is 2.26. The molecule has 1 heterocycles. The number of benzene rings is 2. The molecule has 1 saturated carbocycles. The van der Waals surface area contributed by atoms with Crippen LogP contribution in [0.4, 0.5) is 0 Å². The summed E-state index contributed by atoms with van der Waals surface area (Å²) < 4.78 is 5.98. The van der Waals surface area contributed by atoms with Crippen LogP contribution in [0.1, 0.15) is 57.5 Å². The van der Waals surface area contributed by atoms with Crippen LogP contribution in [0.3, 0.4) is 0 Å². The van der Waals surface area contributed by atoms with E-state index in [2.05, 4.69) is 5.32 Å². The van der Waals surface area contributed by atoms with Crippen molar-refractivity contribution in [2.45, 2.75) is 45.6 Å². The van der Waals surface area contributed by atoms with E-state index in [4.69, 9.17) is 4.74 Å². The summed E-state index contributed by atoms with van der Waals surface area (Å²) in [7, 11) is 0. The van der Waals surface area contributed by atoms with Crippen LogP contribution in [0.15, 0.2) is 42.5 Å². The Hall–Kier alpha value is -2.82. The van der Waals surface area contributed by atoms with Gasteiger partial charge in [0.2, 0.25) is 0 Å². The largest absolute Gasteiger partial charge is 0.493 e. The Morgan fingerprint density at radius 3 is 2.57 bits per heavy atom. The molecule has 0 spiro atoms. The first kappa shape index (κ1) is 20.5. The lowest BCUT2D eigenvalue weighted by Gasteiger charge is -2.33. The minimum Gasteiger partial charge on any atom is -0.493 e. The van der Waals surface area contributed by atoms with E-state index in [0.29, 0.717) is 30.7 Å². The molecule has 2 aromatic rings. The molecule has 1 aliphatic heterocycles. The SMILES string of the molecule is Cc1ccc(C)c(C(=O)N2CCC[C@H](COc3ccc(C(=O)NC4CC4)cc3)C2)c1. The van der Waals surface area contributed by atoms with Crippen LogP contribution in [-0.4, -0.2) is 42.5 Å². The molecule has 2 aliphatic rings. The molecule has 5 nitrogen and oxygen atoms in total. The molecule has 158 valence electrons. The maximum atomic E-state index is 13.0. The van der Waals surface area contributed by atoms with Gasteiger partial charge in [-0.3, -0.25) is 9.59 Å². The van der Waals surface area contributed by atoms with E-state index in [1.165, 1.54) is 0 Å². The van der Waals surface area contributed by atoms with Crippen molar-refractivity contribution in [3.8, 4) is 5.75 Å². The summed E-state index contributed by atoms with van der Waals surface area (Å²) >= 11 is 0. The Morgan fingerprint density at radius 1 is 1.07 bits per heavy atom. The highest BCUT2D eigenvalue weighted by Crippen LogP contribution is 2.23. The normalized spacial score (nSPS) is 18.7. The van der Waals surface area contributed by atoms with Gasteiger partial charge < -0.3 is 15.0 Å². The molecule has 4 rings (SSSR count). The van der Waals surface area contributed by atoms with Gasteiger partial charge >= 0.3 is 0 Å². The predicted octanol–water partition coefficient (Wildman–Crippen LogP) is 4.13. The summed E-state index contributed by atoms with van der Waals surface area (Å²) in [6, 6.07) is 13.7. The number of rotatable bonds is 6. The van der Waals surface area contributed by atoms with Gasteiger partial charge in [-0.15, -0.1) is 0 Å². The molecule has 0 radical (unpaired) electrons. The van der Waals surface area contributed by atoms with Crippen molar-refractivity contribution in [2.75, 3.05) is 19.7 Å². The molecule has 2 amide bonds. The summed E-state index contributed by atoms with van der Waals surface area (Å²) in [6.45, 7) is 6.10. The van der Waals surface area contributed by atoms with Gasteiger partial charge in [0, 0.05) is 36.2 Å². The number of carbonyl (C=O) groups is 2. The van der Waals surface area contributed by atoms with Gasteiger partial charge in [0.1, 0.15) is 5.75 Å². The molecular weight excluding hydrogens is 376 g/mol. The number of hydrogen-bond donors (Lipinski definition) is 1. The fourth-order valence-corrected chi connectivity index (χ4v) is 3.94. The first-order chi connectivity index (χ1) is 14.5. The zero-order valence-corrected chi connectivity index (χ0v) is 17.8. The van der Waals surface area contributed by atoms with E-state index in [1.807, 2.05) is 61.2 Å². The third-order valence-corrected chi connectivity index (χ3v) is 5.94. The lowest BCUT2D eigenvalue weighted by molar-refractivity contribution is 0.0632. The molecular formula is C25H30N2O3. The molecule has 1 atom stereocenters. The van der Waals surface area contributed by atoms with Crippen LogP contribution >= 0.6 is 0 Å². The van der Waals surface area contributed by atoms with Crippen LogP contribution in [0.5, 0.6) is 5.75 Å². The van der Waals surface area contributed by atoms with Crippen LogP contribution in [0.2, 0.25) is 0 Å². The fourth-order valence-electron chi connectivity index (χ4n) is 3.94. The Kier molecular flexibility index (Phi) is 6.07. The van der Waals surface area contributed by atoms with Crippen molar-refractivity contribution in [3.05, 3.63) is 64.7 Å². The molecule has 1 N–H and O–H groups in total. The van der Waals surface area contributed by atoms with Gasteiger partial charge in [-0.25, -0.2) is 0 Å². The highest BCUT2D eigenvalue weighted by atomic mass is 16.5. The number of aryl methyl sites for hydroxylation is 2. The van der Waals surface area contributed by atoms with Gasteiger partial charge in [0.15, 0.2) is 0 Å². The van der Waals surface area contributed by atoms with Crippen molar-refractivity contribution < 1.29 is 14.3 Å². The lowest BCUT2D eigenvalue weighted by Crippen LogP contribution is -2.41. The minimum atomic E-state index is -0.0167. The van der Waals surface area contributed by atoms with Gasteiger partial charge in [-0.2, -0.15) is 0 Å². The predicted molar refractivity (Wildman–Crippen MR) is 117 cm³/mol. The number of likely N-dealkylation sites (tertiary alicyclic amines) is 1. The van der Waals surface area contributed by atoms with Crippen molar-refractivity contribution in [2.24, 2.45) is 5.92 Å². The average Bonchev–Trinajstić information content (AvgIpc) is 3.58. The first-order valence-corrected chi connectivity index (χ1v) is 10.9. The van der Waals surface area contributed by atoms with Crippen LogP contribution < -0.4 is 10.1 Å². The number of amides is 2. The van der Waals surface area contributed by atoms with E-state index in [1.54, 1.807) is 0 Å². The molecule has 2 fully saturated rings. The molecule has 1 aliphatic carbocycles. The Bertz CT molecular complexity index is 918. The molecule has 0 unspecified atom stereocenters. The van der Waals surface area contributed by atoms with E-state index in [-0.39, 0.29) is 11.8 Å². The maximum absolute atomic E-state index is 13.0. The standard InChI is InChI=1S/C25H30N2O3/c1-17-5-6-18(2)23(14-17)25(29)27-13-3-4-19(15-27)16-30-22-11-7-20(8-12-22)24(28)26-21-9-10-21/h5-8,11-12,14,19,21H,3-4,9-10,13,15-16H2,1-2H3,(H,26,28)/t19-/m0/s1. The Balaban J connectivity index is 1.31. The fraction of sp³-hybridized carbons (Fsp3) is 0.440. The van der Waals surface area contributed by atoms with Crippen molar-refractivity contribution in [1.29, 1.82) is 0 Å². The maximum Gasteiger partial charge on any atom is 0.254 e. The summed E-state index contributed by atoms with van der Waals surface area (Å²) in [5.41, 5.74) is 3.60. The van der Waals surface area contributed by atoms with Crippen LogP contribution in [0.25, 0.3) is 0 Å². The molecule has 30 heavy (non-hydrogen) atoms. The van der Waals surface area contributed by atoms with Crippen molar-refractivity contribution >= 4 is 11.8 Å². The monoisotopic (exact) mass is 406 g/mol. The summed E-state index contributed by atoms with van der Waals surface area (Å²) in [4.78, 5) is 27.1. The van der Waals surface area contributed by atoms with E-state index in [0.717, 1.165) is 54.7 Å². The van der Waals surface area contributed by atoms with E-state index < -0.39 is 0 Å². The second-order valence-electron chi connectivity index (χ2n) is 8.66. The topological polar surface area (TPSA) is 58.6 Å². The molecule has 2 aromatic carbocycles. The molecule has 5 heteroatoms. The lowest BCUT2D eigenvalue weighted by atomic mass is 9.97. The average molecular weight is 407 g/mol. The number of nitrogens with one attached hydrogen (secondary N) is 1. The van der Waals surface area contributed by atoms with Gasteiger partial charge in [-0.05, 0) is 75.4 Å². The van der Waals surface area contributed by atoms with Gasteiger partial charge in [0.25, 0.3) is 11.8 Å². The second-order valence-corrected chi connectivity index (χ2v) is 8.66. The number of carbonyl (C=O) groups excluding carboxylic acids is 2. The van der Waals surface area contributed by atoms with Crippen LogP contribution in [-0.2, 0) is 0 Å². The minimum absolute atomic E-state index is 0.0167. The van der Waals surface area contributed by atoms with E-state index >= 15 is 0 Å². The van der Waals surface area contributed by atoms with Crippen molar-refractivity contribution in [3.63, 3.8) is 0 Å². The number of hydrogen-bond acceptors (Lipinski definition) is 3. The number of piperidine rings is 1. The highest BCUT2D eigenvalue weighted by molar-refractivity contribution is 5.96. The smallest absolute Gasteiger partial charge is 0.254 e. The second kappa shape index (κ2) is 8.90. The van der Waals surface area contributed by atoms with Crippen LogP contribution in [0, 0.1) is 19.8 Å². The van der Waals surface area contributed by atoms with Crippen molar-refractivity contribution in [1.82, 2.24) is 10.2 Å². The van der Waals surface area contributed by atoms with E-state index in [9.17, 15) is 9.59 Å². The zero-order valence-electron chi connectivity index (χ0n) is 17.8. The quantitative estimate of drug-likeness (QED) is 0.785. The molecule has 1 saturated heterocycles. The summed E-state index contributed by atoms with van der Waals surface area (Å²) in [5.74, 6) is 1.17. The Labute approximate surface area is 178 Å². The third-order valence-electron chi connectivity index (χ3n) is 5.94. The molecule has 0 aromatic heterocycles. The third kappa shape index (κ3) is 5.02. The Morgan fingerprint density at radius 2 is 1.83 bits per heavy atom. The van der Waals surface area contributed by atoms with Gasteiger partial charge in [0.05, 0.1) is 6.61 Å². The molecule has 0 bridgehead atoms. The summed E-state index contributed by atoms with van der Waals surface area (Å²) in [5, 5.41) is 2.99.